The molecular weight excluding hydrogens is 227 g/mol. The fourth-order valence-electron chi connectivity index (χ4n) is 1.11. The van der Waals surface area contributed by atoms with Crippen LogP contribution in [0.25, 0.3) is 0 Å². The van der Waals surface area contributed by atoms with Gasteiger partial charge in [-0.2, -0.15) is 18.3 Å². The summed E-state index contributed by atoms with van der Waals surface area (Å²) in [6.45, 7) is 1.37. The van der Waals surface area contributed by atoms with Crippen LogP contribution >= 0.6 is 12.2 Å². The van der Waals surface area contributed by atoms with Gasteiger partial charge in [0.15, 0.2) is 0 Å². The van der Waals surface area contributed by atoms with Gasteiger partial charge >= 0.3 is 6.18 Å². The van der Waals surface area contributed by atoms with E-state index in [4.69, 9.17) is 5.73 Å². The molecule has 0 aliphatic rings. The number of rotatable bonds is 3. The second-order valence-electron chi connectivity index (χ2n) is 3.24. The second kappa shape index (κ2) is 4.18. The molecule has 0 radical (unpaired) electrons. The van der Waals surface area contributed by atoms with Crippen LogP contribution in [0.4, 0.5) is 13.2 Å². The Morgan fingerprint density at radius 2 is 2.27 bits per heavy atom. The van der Waals surface area contributed by atoms with Gasteiger partial charge in [-0.25, -0.2) is 0 Å². The molecule has 7 heteroatoms. The van der Waals surface area contributed by atoms with Crippen LogP contribution in [0.3, 0.4) is 0 Å². The van der Waals surface area contributed by atoms with Gasteiger partial charge < -0.3 is 5.73 Å². The van der Waals surface area contributed by atoms with Gasteiger partial charge in [-0.3, -0.25) is 4.68 Å². The Balaban J connectivity index is 2.81. The number of nitrogens with two attached hydrogens (primary N) is 1. The Bertz CT molecular complexity index is 358. The monoisotopic (exact) mass is 237 g/mol. The van der Waals surface area contributed by atoms with Gasteiger partial charge in [0.2, 0.25) is 0 Å². The summed E-state index contributed by atoms with van der Waals surface area (Å²) >= 11 is 4.39. The maximum absolute atomic E-state index is 12.5. The first-order valence-corrected chi connectivity index (χ1v) is 4.56. The lowest BCUT2D eigenvalue weighted by molar-refractivity contribution is -0.158. The van der Waals surface area contributed by atoms with Gasteiger partial charge in [-0.15, -0.1) is 0 Å². The summed E-state index contributed by atoms with van der Waals surface area (Å²) in [6.07, 6.45) is -1.43. The number of thiocarbonyl (C=S) groups is 1. The van der Waals surface area contributed by atoms with Crippen molar-refractivity contribution in [1.82, 2.24) is 9.78 Å². The van der Waals surface area contributed by atoms with Crippen LogP contribution in [-0.4, -0.2) is 20.9 Å². The predicted molar refractivity (Wildman–Crippen MR) is 53.3 cm³/mol. The van der Waals surface area contributed by atoms with Crippen molar-refractivity contribution in [2.75, 3.05) is 0 Å². The van der Waals surface area contributed by atoms with Crippen LogP contribution in [-0.2, 0) is 6.54 Å². The number of aromatic nitrogens is 2. The molecule has 1 rings (SSSR count). The first-order chi connectivity index (χ1) is 6.80. The Morgan fingerprint density at radius 1 is 1.67 bits per heavy atom. The summed E-state index contributed by atoms with van der Waals surface area (Å²) in [7, 11) is 0. The van der Waals surface area contributed by atoms with E-state index in [0.717, 1.165) is 5.56 Å². The van der Waals surface area contributed by atoms with Gasteiger partial charge in [-0.1, -0.05) is 12.2 Å². The lowest BCUT2D eigenvalue weighted by Crippen LogP contribution is -2.37. The maximum Gasteiger partial charge on any atom is 0.399 e. The lowest BCUT2D eigenvalue weighted by atomic mass is 10.1. The molecule has 1 unspecified atom stereocenters. The van der Waals surface area contributed by atoms with Crippen LogP contribution in [0, 0.1) is 12.8 Å². The van der Waals surface area contributed by atoms with Crippen molar-refractivity contribution in [3.8, 4) is 0 Å². The van der Waals surface area contributed by atoms with Crippen molar-refractivity contribution < 1.29 is 13.2 Å². The SMILES string of the molecule is Cc1cnn(CC(C(N)=S)C(F)(F)F)c1. The highest BCUT2D eigenvalue weighted by atomic mass is 32.1. The van der Waals surface area contributed by atoms with Crippen molar-refractivity contribution >= 4 is 17.2 Å². The minimum absolute atomic E-state index is 0.368. The van der Waals surface area contributed by atoms with Gasteiger partial charge in [-0.05, 0) is 12.5 Å². The summed E-state index contributed by atoms with van der Waals surface area (Å²) in [5.41, 5.74) is 5.84. The molecule has 1 aromatic rings. The number of nitrogens with zero attached hydrogens (tertiary/aromatic N) is 2. The average molecular weight is 237 g/mol. The third-order valence-corrected chi connectivity index (χ3v) is 2.16. The second-order valence-corrected chi connectivity index (χ2v) is 3.71. The van der Waals surface area contributed by atoms with E-state index in [-0.39, 0.29) is 6.54 Å². The Morgan fingerprint density at radius 3 is 2.60 bits per heavy atom. The van der Waals surface area contributed by atoms with E-state index < -0.39 is 17.1 Å². The van der Waals surface area contributed by atoms with Crippen molar-refractivity contribution in [2.45, 2.75) is 19.6 Å². The van der Waals surface area contributed by atoms with Crippen LogP contribution in [0.5, 0.6) is 0 Å². The molecule has 0 aromatic carbocycles. The average Bonchev–Trinajstić information content (AvgIpc) is 2.44. The Hall–Kier alpha value is -1.11. The van der Waals surface area contributed by atoms with Crippen molar-refractivity contribution in [2.24, 2.45) is 11.7 Å². The molecule has 0 aliphatic heterocycles. The minimum Gasteiger partial charge on any atom is -0.393 e. The fraction of sp³-hybridized carbons (Fsp3) is 0.500. The van der Waals surface area contributed by atoms with Gasteiger partial charge in [0.25, 0.3) is 0 Å². The number of hydrogen-bond donors (Lipinski definition) is 1. The van der Waals surface area contributed by atoms with Crippen molar-refractivity contribution in [3.63, 3.8) is 0 Å². The molecule has 0 saturated heterocycles. The molecule has 2 N–H and O–H groups in total. The van der Waals surface area contributed by atoms with Gasteiger partial charge in [0.1, 0.15) is 5.92 Å². The highest BCUT2D eigenvalue weighted by Crippen LogP contribution is 2.27. The van der Waals surface area contributed by atoms with E-state index >= 15 is 0 Å². The van der Waals surface area contributed by atoms with Crippen LogP contribution in [0.1, 0.15) is 5.56 Å². The molecule has 84 valence electrons. The van der Waals surface area contributed by atoms with E-state index in [0.29, 0.717) is 0 Å². The molecule has 1 atom stereocenters. The molecule has 1 aromatic heterocycles. The minimum atomic E-state index is -4.42. The molecule has 3 nitrogen and oxygen atoms in total. The zero-order chi connectivity index (χ0) is 11.6. The van der Waals surface area contributed by atoms with Crippen LogP contribution in [0.2, 0.25) is 0 Å². The zero-order valence-corrected chi connectivity index (χ0v) is 8.77. The van der Waals surface area contributed by atoms with Crippen molar-refractivity contribution in [1.29, 1.82) is 0 Å². The van der Waals surface area contributed by atoms with Gasteiger partial charge in [0.05, 0.1) is 17.7 Å². The van der Waals surface area contributed by atoms with E-state index in [1.54, 1.807) is 6.92 Å². The summed E-state index contributed by atoms with van der Waals surface area (Å²) in [6, 6.07) is 0. The third kappa shape index (κ3) is 3.19. The van der Waals surface area contributed by atoms with E-state index in [2.05, 4.69) is 17.3 Å². The van der Waals surface area contributed by atoms with Crippen LogP contribution < -0.4 is 5.73 Å². The highest BCUT2D eigenvalue weighted by molar-refractivity contribution is 7.80. The number of halogens is 3. The highest BCUT2D eigenvalue weighted by Gasteiger charge is 2.42. The third-order valence-electron chi connectivity index (χ3n) is 1.87. The number of aryl methyl sites for hydroxylation is 1. The van der Waals surface area contributed by atoms with E-state index in [9.17, 15) is 13.2 Å². The number of alkyl halides is 3. The molecule has 0 fully saturated rings. The maximum atomic E-state index is 12.5. The molecule has 15 heavy (non-hydrogen) atoms. The molecule has 0 bridgehead atoms. The molecule has 0 aliphatic carbocycles. The first kappa shape index (κ1) is 12.0. The molecule has 0 saturated carbocycles. The standard InChI is InChI=1S/C8H10F3N3S/c1-5-2-13-14(3-5)4-6(7(12)15)8(9,10)11/h2-3,6H,4H2,1H3,(H2,12,15). The predicted octanol–water partition coefficient (Wildman–Crippen LogP) is 1.66. The summed E-state index contributed by atoms with van der Waals surface area (Å²) in [5.74, 6) is -1.83. The van der Waals surface area contributed by atoms with Gasteiger partial charge in [0, 0.05) is 6.20 Å². The largest absolute Gasteiger partial charge is 0.399 e. The fourth-order valence-corrected chi connectivity index (χ4v) is 1.32. The normalized spacial score (nSPS) is 13.9. The van der Waals surface area contributed by atoms with E-state index in [1.807, 2.05) is 0 Å². The molecule has 0 amide bonds. The summed E-state index contributed by atoms with van der Waals surface area (Å²) in [4.78, 5) is -0.560. The summed E-state index contributed by atoms with van der Waals surface area (Å²) in [5, 5.41) is 3.75. The first-order valence-electron chi connectivity index (χ1n) is 4.16. The quantitative estimate of drug-likeness (QED) is 0.813. The molecule has 1 heterocycles. The zero-order valence-electron chi connectivity index (χ0n) is 7.95. The molecule has 0 spiro atoms. The molecular formula is C8H10F3N3S. The van der Waals surface area contributed by atoms with Crippen molar-refractivity contribution in [3.05, 3.63) is 18.0 Å². The van der Waals surface area contributed by atoms with Crippen LogP contribution in [0.15, 0.2) is 12.4 Å². The van der Waals surface area contributed by atoms with E-state index in [1.165, 1.54) is 17.1 Å². The Kier molecular flexibility index (Phi) is 3.33. The smallest absolute Gasteiger partial charge is 0.393 e. The topological polar surface area (TPSA) is 43.8 Å². The summed E-state index contributed by atoms with van der Waals surface area (Å²) < 4.78 is 38.6. The lowest BCUT2D eigenvalue weighted by Gasteiger charge is -2.18. The Labute approximate surface area is 90.1 Å². The number of hydrogen-bond acceptors (Lipinski definition) is 2.